The summed E-state index contributed by atoms with van der Waals surface area (Å²) in [6, 6.07) is 2.99. The normalized spacial score (nSPS) is 32.6. The molecule has 2 aromatic rings. The van der Waals surface area contributed by atoms with Gasteiger partial charge in [0.15, 0.2) is 5.69 Å². The monoisotopic (exact) mass is 883 g/mol. The molecule has 1 saturated heterocycles. The van der Waals surface area contributed by atoms with Gasteiger partial charge in [-0.3, -0.25) is 19.1 Å². The summed E-state index contributed by atoms with van der Waals surface area (Å²) in [5.74, 6) is -3.95. The number of allylic oxidation sites excluding steroid dienone is 2. The first kappa shape index (κ1) is 43.2. The van der Waals surface area contributed by atoms with E-state index >= 15 is 8.78 Å². The van der Waals surface area contributed by atoms with Gasteiger partial charge < -0.3 is 25.0 Å². The fraction of sp³-hybridized carbons (Fsp3) is 0.595. The van der Waals surface area contributed by atoms with Gasteiger partial charge in [0.05, 0.1) is 39.9 Å². The highest BCUT2D eigenvalue weighted by Gasteiger charge is 2.67. The van der Waals surface area contributed by atoms with Crippen LogP contribution in [0.5, 0.6) is 5.88 Å². The molecule has 330 valence electrons. The SMILES string of the molecule is CC(C)(C)[C@@H]1NC(=O)O[C@@H]2C[C@@H]3C#C[C@@H]3[C@H]2CC/C=C/C(F)(F)c2nc3ccc(C#N)cc3nc2O[C@@H]2C[C@@H](C(=O)N[C@]3(C(=O)NS(=O)(=O)C4(C)CC4)C[C@H]3C(F)F)N(C2)C1=O. The summed E-state index contributed by atoms with van der Waals surface area (Å²) in [6.07, 6.45) is -3.86. The number of fused-ring (bicyclic) bond motifs is 7. The smallest absolute Gasteiger partial charge is 0.408 e. The van der Waals surface area contributed by atoms with Crippen LogP contribution in [0.1, 0.15) is 83.9 Å². The van der Waals surface area contributed by atoms with Crippen molar-refractivity contribution in [3.05, 3.63) is 41.6 Å². The van der Waals surface area contributed by atoms with Crippen LogP contribution in [0.4, 0.5) is 22.4 Å². The van der Waals surface area contributed by atoms with Crippen molar-refractivity contribution in [1.82, 2.24) is 30.2 Å². The zero-order valence-corrected chi connectivity index (χ0v) is 35.0. The lowest BCUT2D eigenvalue weighted by Gasteiger charge is -2.35. The van der Waals surface area contributed by atoms with Crippen molar-refractivity contribution in [2.45, 2.75) is 120 Å². The lowest BCUT2D eigenvalue weighted by molar-refractivity contribution is -0.143. The maximum absolute atomic E-state index is 16.3. The molecule has 2 aliphatic heterocycles. The predicted molar refractivity (Wildman–Crippen MR) is 210 cm³/mol. The minimum atomic E-state index is -4.33. The molecule has 3 heterocycles. The molecule has 62 heavy (non-hydrogen) atoms. The predicted octanol–water partition coefficient (Wildman–Crippen LogP) is 4.21. The van der Waals surface area contributed by atoms with Crippen molar-refractivity contribution in [3.63, 3.8) is 0 Å². The molecule has 3 N–H and O–H groups in total. The second kappa shape index (κ2) is 15.1. The Kier molecular flexibility index (Phi) is 10.5. The van der Waals surface area contributed by atoms with E-state index < -0.39 is 123 Å². The summed E-state index contributed by atoms with van der Waals surface area (Å²) < 4.78 is 99.9. The molecule has 1 aromatic heterocycles. The number of alkyl halides is 4. The van der Waals surface area contributed by atoms with Crippen LogP contribution < -0.4 is 20.1 Å². The molecule has 0 unspecified atom stereocenters. The Hall–Kier alpha value is -5.50. The first-order chi connectivity index (χ1) is 29.1. The largest absolute Gasteiger partial charge is 0.471 e. The van der Waals surface area contributed by atoms with Crippen LogP contribution in [0.2, 0.25) is 0 Å². The van der Waals surface area contributed by atoms with Crippen LogP contribution >= 0.6 is 0 Å². The van der Waals surface area contributed by atoms with E-state index in [-0.39, 0.29) is 53.6 Å². The highest BCUT2D eigenvalue weighted by Crippen LogP contribution is 2.50. The number of carbonyl (C=O) groups excluding carboxylic acids is 4. The van der Waals surface area contributed by atoms with Crippen molar-refractivity contribution in [1.29, 1.82) is 5.26 Å². The van der Waals surface area contributed by atoms with E-state index in [1.165, 1.54) is 31.2 Å². The van der Waals surface area contributed by atoms with E-state index in [9.17, 15) is 41.6 Å². The van der Waals surface area contributed by atoms with Crippen LogP contribution in [0.25, 0.3) is 11.0 Å². The Labute approximate surface area is 354 Å². The molecule has 1 aromatic carbocycles. The molecule has 8 rings (SSSR count). The molecule has 0 radical (unpaired) electrons. The Morgan fingerprint density at radius 3 is 2.47 bits per heavy atom. The molecule has 2 bridgehead atoms. The average Bonchev–Trinajstić information content (AvgIpc) is 4.06. The third-order valence-electron chi connectivity index (χ3n) is 13.0. The molecule has 9 atom stereocenters. The van der Waals surface area contributed by atoms with E-state index in [1.807, 2.05) is 10.8 Å². The van der Waals surface area contributed by atoms with Gasteiger partial charge >= 0.3 is 12.0 Å². The maximum Gasteiger partial charge on any atom is 0.408 e. The van der Waals surface area contributed by atoms with Crippen molar-refractivity contribution in [2.24, 2.45) is 29.1 Å². The highest BCUT2D eigenvalue weighted by molar-refractivity contribution is 7.91. The number of sulfonamides is 1. The first-order valence-electron chi connectivity index (χ1n) is 20.5. The Morgan fingerprint density at radius 1 is 1.10 bits per heavy atom. The van der Waals surface area contributed by atoms with E-state index in [0.717, 1.165) is 4.90 Å². The zero-order chi connectivity index (χ0) is 44.7. The Bertz CT molecular complexity index is 2490. The average molecular weight is 884 g/mol. The minimum Gasteiger partial charge on any atom is -0.471 e. The number of nitriles is 1. The topological polar surface area (TPSA) is 210 Å². The lowest BCUT2D eigenvalue weighted by atomic mass is 9.81. The van der Waals surface area contributed by atoms with Crippen LogP contribution in [0.15, 0.2) is 30.4 Å². The summed E-state index contributed by atoms with van der Waals surface area (Å²) in [7, 11) is -4.33. The Balaban J connectivity index is 1.18. The van der Waals surface area contributed by atoms with Gasteiger partial charge in [0.1, 0.15) is 29.8 Å². The first-order valence-corrected chi connectivity index (χ1v) is 21.9. The number of ether oxygens (including phenoxy) is 2. The number of nitrogens with one attached hydrogen (secondary N) is 3. The maximum atomic E-state index is 16.3. The second-order valence-electron chi connectivity index (χ2n) is 18.5. The van der Waals surface area contributed by atoms with Crippen molar-refractivity contribution in [3.8, 4) is 23.8 Å². The van der Waals surface area contributed by atoms with Gasteiger partial charge in [0.2, 0.25) is 34.1 Å². The van der Waals surface area contributed by atoms with Gasteiger partial charge in [-0.2, -0.15) is 14.0 Å². The number of aromatic nitrogens is 2. The summed E-state index contributed by atoms with van der Waals surface area (Å²) >= 11 is 0. The quantitative estimate of drug-likeness (QED) is 0.213. The third kappa shape index (κ3) is 7.79. The zero-order valence-electron chi connectivity index (χ0n) is 34.2. The van der Waals surface area contributed by atoms with Crippen molar-refractivity contribution >= 4 is 44.9 Å². The number of alkyl carbamates (subject to hydrolysis) is 1. The van der Waals surface area contributed by atoms with E-state index in [4.69, 9.17) is 9.47 Å². The lowest BCUT2D eigenvalue weighted by Crippen LogP contribution is -2.60. The highest BCUT2D eigenvalue weighted by atomic mass is 32.2. The van der Waals surface area contributed by atoms with E-state index in [0.29, 0.717) is 18.9 Å². The van der Waals surface area contributed by atoms with Gasteiger partial charge in [-0.25, -0.2) is 32.0 Å². The molecule has 3 saturated carbocycles. The minimum absolute atomic E-state index is 0.0191. The van der Waals surface area contributed by atoms with Gasteiger partial charge in [-0.1, -0.05) is 38.7 Å². The summed E-state index contributed by atoms with van der Waals surface area (Å²) in [5.41, 5.74) is -4.13. The van der Waals surface area contributed by atoms with Gasteiger partial charge in [0.25, 0.3) is 5.91 Å². The van der Waals surface area contributed by atoms with E-state index in [2.05, 4.69) is 32.4 Å². The van der Waals surface area contributed by atoms with Crippen LogP contribution in [0, 0.1) is 52.3 Å². The molecular formula is C42H45F4N7O8S. The number of hydrogen-bond acceptors (Lipinski definition) is 11. The summed E-state index contributed by atoms with van der Waals surface area (Å²) in [6.45, 7) is 5.83. The number of rotatable bonds is 6. The number of carbonyl (C=O) groups is 4. The molecule has 20 heteroatoms. The number of halogens is 4. The second-order valence-corrected chi connectivity index (χ2v) is 20.7. The number of nitrogens with zero attached hydrogens (tertiary/aromatic N) is 4. The van der Waals surface area contributed by atoms with Gasteiger partial charge in [-0.15, -0.1) is 0 Å². The fourth-order valence-electron chi connectivity index (χ4n) is 8.85. The van der Waals surface area contributed by atoms with Crippen LogP contribution in [0.3, 0.4) is 0 Å². The van der Waals surface area contributed by atoms with Crippen molar-refractivity contribution in [2.75, 3.05) is 6.54 Å². The van der Waals surface area contributed by atoms with E-state index in [1.54, 1.807) is 20.8 Å². The standard InChI is InChI=1S/C42H45F4N7O8S/c1-39(2,3)32-36(55)53-20-23(17-29(53)34(54)51-41(18-26(41)33(43)44)37(56)52-62(58,59)40(4)13-14-40)60-35-31(48-27-11-8-21(19-47)15-28(27)49-35)42(45,46)12-6-5-7-25-24-10-9-22(24)16-30(25)61-38(57)50-32/h6,8,11-12,15,22-26,29-30,32-33H,5,7,13-14,16-18,20H2,1-4H3,(H,50,57)(H,51,54)(H,52,56)/b12-6+/t22-,23+,24-,25+,26-,29-,30+,32+,41+/m0/s1. The molecule has 4 fully saturated rings. The molecule has 4 aliphatic carbocycles. The number of amides is 4. The molecule has 4 amide bonds. The summed E-state index contributed by atoms with van der Waals surface area (Å²) in [4.78, 5) is 66.0. The fourth-order valence-corrected chi connectivity index (χ4v) is 10.2. The van der Waals surface area contributed by atoms with Gasteiger partial charge in [0, 0.05) is 24.2 Å². The van der Waals surface area contributed by atoms with Gasteiger partial charge in [-0.05, 0) is 75.1 Å². The molecule has 6 aliphatic rings. The number of hydrogen-bond donors (Lipinski definition) is 3. The van der Waals surface area contributed by atoms with Crippen LogP contribution in [-0.4, -0.2) is 94.6 Å². The Morgan fingerprint density at radius 2 is 1.84 bits per heavy atom. The molecular weight excluding hydrogens is 839 g/mol. The summed E-state index contributed by atoms with van der Waals surface area (Å²) in [5, 5.41) is 14.5. The van der Waals surface area contributed by atoms with Crippen LogP contribution in [-0.2, 0) is 35.1 Å². The molecule has 15 nitrogen and oxygen atoms in total. The third-order valence-corrected chi connectivity index (χ3v) is 15.2. The van der Waals surface area contributed by atoms with Crippen molar-refractivity contribution < 1.29 is 54.6 Å². The number of benzene rings is 1. The molecule has 0 spiro atoms.